The van der Waals surface area contributed by atoms with Gasteiger partial charge in [-0.3, -0.25) is 14.4 Å². The minimum absolute atomic E-state index is 0.0161. The fourth-order valence-electron chi connectivity index (χ4n) is 9.61. The smallest absolute Gasteiger partial charge is 0.309 e. The summed E-state index contributed by atoms with van der Waals surface area (Å²) in [5, 5.41) is 37.2. The maximum Gasteiger partial charge on any atom is 0.309 e. The van der Waals surface area contributed by atoms with E-state index in [9.17, 15) is 19.5 Å². The van der Waals surface area contributed by atoms with Crippen LogP contribution in [0.3, 0.4) is 0 Å². The van der Waals surface area contributed by atoms with E-state index in [0.29, 0.717) is 81.9 Å². The Labute approximate surface area is 361 Å². The molecule has 4 aromatic heterocycles. The highest BCUT2D eigenvalue weighted by Gasteiger charge is 2.40. The zero-order chi connectivity index (χ0) is 43.5. The Bertz CT molecular complexity index is 2780. The Morgan fingerprint density at radius 3 is 1.97 bits per heavy atom. The number of rotatable bonds is 12. The number of nitrogens with zero attached hydrogens (tertiary/aromatic N) is 6. The van der Waals surface area contributed by atoms with Gasteiger partial charge in [-0.25, -0.2) is 4.98 Å². The van der Waals surface area contributed by atoms with Crippen molar-refractivity contribution in [3.05, 3.63) is 82.0 Å². The van der Waals surface area contributed by atoms with Gasteiger partial charge in [-0.15, -0.1) is 9.73 Å². The third-order valence-electron chi connectivity index (χ3n) is 13.1. The van der Waals surface area contributed by atoms with E-state index >= 15 is 0 Å². The van der Waals surface area contributed by atoms with Gasteiger partial charge in [0.25, 0.3) is 5.65 Å². The molecular weight excluding hydrogens is 779 g/mol. The maximum atomic E-state index is 14.6. The lowest BCUT2D eigenvalue weighted by molar-refractivity contribution is -0.333. The number of nitrogens with one attached hydrogen (secondary N) is 3. The van der Waals surface area contributed by atoms with E-state index in [2.05, 4.69) is 15.3 Å². The quantitative estimate of drug-likeness (QED) is 0.132. The maximum absolute atomic E-state index is 14.6. The predicted molar refractivity (Wildman–Crippen MR) is 235 cm³/mol. The lowest BCUT2D eigenvalue weighted by Gasteiger charge is -2.31. The topological polar surface area (TPSA) is 177 Å². The molecule has 3 aliphatic carbocycles. The van der Waals surface area contributed by atoms with Crippen LogP contribution >= 0.6 is 0 Å². The molecular formula is C49H57N9O4. The number of hydrogen-bond acceptors (Lipinski definition) is 8. The molecule has 0 atom stereocenters. The average Bonchev–Trinajstić information content (AvgIpc) is 4.08. The average molecular weight is 836 g/mol. The number of carbonyl (C=O) groups is 3. The second kappa shape index (κ2) is 16.0. The molecule has 3 N–H and O–H groups in total. The van der Waals surface area contributed by atoms with Gasteiger partial charge in [-0.1, -0.05) is 116 Å². The van der Waals surface area contributed by atoms with Gasteiger partial charge in [-0.05, 0) is 66.6 Å². The van der Waals surface area contributed by atoms with Gasteiger partial charge in [0.2, 0.25) is 5.91 Å². The van der Waals surface area contributed by atoms with Crippen molar-refractivity contribution in [2.75, 3.05) is 5.32 Å². The van der Waals surface area contributed by atoms with E-state index in [1.54, 1.807) is 0 Å². The largest absolute Gasteiger partial charge is 0.871 e. The summed E-state index contributed by atoms with van der Waals surface area (Å²) >= 11 is 0. The Balaban J connectivity index is 1.02. The highest BCUT2D eigenvalue weighted by molar-refractivity contribution is 6.52. The van der Waals surface area contributed by atoms with Crippen LogP contribution in [0, 0.1) is 11.8 Å². The Morgan fingerprint density at radius 1 is 0.758 bits per heavy atom. The zero-order valence-electron chi connectivity index (χ0n) is 36.8. The Hall–Kier alpha value is -5.98. The molecule has 0 spiro atoms. The second-order valence-electron chi connectivity index (χ2n) is 19.9. The molecule has 2 fully saturated rings. The van der Waals surface area contributed by atoms with Gasteiger partial charge in [0.15, 0.2) is 17.3 Å². The molecule has 2 saturated carbocycles. The van der Waals surface area contributed by atoms with Crippen LogP contribution in [-0.2, 0) is 31.6 Å². The molecule has 0 bridgehead atoms. The van der Waals surface area contributed by atoms with Crippen molar-refractivity contribution < 1.29 is 24.5 Å². The van der Waals surface area contributed by atoms with Crippen LogP contribution in [0.25, 0.3) is 45.2 Å². The number of carbonyl (C=O) groups excluding carboxylic acids is 3. The summed E-state index contributed by atoms with van der Waals surface area (Å²) < 4.78 is 2.94. The minimum atomic E-state index is -0.525. The fourth-order valence-corrected chi connectivity index (χ4v) is 9.61. The van der Waals surface area contributed by atoms with Crippen molar-refractivity contribution in [3.63, 3.8) is 0 Å². The molecule has 4 heterocycles. The first kappa shape index (κ1) is 41.4. The Morgan fingerprint density at radius 2 is 1.35 bits per heavy atom. The molecule has 2 aromatic carbocycles. The Kier molecular flexibility index (Phi) is 10.7. The van der Waals surface area contributed by atoms with Crippen LogP contribution in [0.4, 0.5) is 5.69 Å². The third kappa shape index (κ3) is 7.97. The molecule has 1 amide bonds. The standard InChI is InChI=1S/C49H57N9O4/c1-48(2,3)42-38(46-51-44(55-57(46)53-42)31-19-15-30(16-20-31)27-34(59)25-17-28-11-7-8-12-28)36-40(61)37(41(36)62)39-43(49(4,5)6)54-58-47(39)52-45(56-58)32-21-23-33(24-22-32)50-35(60)26-18-29-13-9-10-14-29/h15-16,19-24,28-29,61H,7-14,17-18,25-27H2,1-6H3,(H,50,60)(H,52,56)/b38-36+. The van der Waals surface area contributed by atoms with E-state index in [1.807, 2.05) is 90.1 Å². The van der Waals surface area contributed by atoms with Crippen molar-refractivity contribution >= 4 is 45.6 Å². The van der Waals surface area contributed by atoms with Crippen molar-refractivity contribution in [1.82, 2.24) is 34.6 Å². The van der Waals surface area contributed by atoms with Gasteiger partial charge < -0.3 is 15.4 Å². The minimum Gasteiger partial charge on any atom is -0.871 e. The van der Waals surface area contributed by atoms with E-state index in [-0.39, 0.29) is 22.8 Å². The highest BCUT2D eigenvalue weighted by Crippen LogP contribution is 2.42. The van der Waals surface area contributed by atoms with Crippen LogP contribution in [0.1, 0.15) is 141 Å². The molecule has 0 unspecified atom stereocenters. The van der Waals surface area contributed by atoms with Crippen LogP contribution in [0.15, 0.2) is 54.3 Å². The molecule has 6 aromatic rings. The normalized spacial score (nSPS) is 17.5. The van der Waals surface area contributed by atoms with Gasteiger partial charge in [0, 0.05) is 57.1 Å². The second-order valence-corrected chi connectivity index (χ2v) is 19.9. The van der Waals surface area contributed by atoms with Crippen LogP contribution in [0.2, 0.25) is 0 Å². The summed E-state index contributed by atoms with van der Waals surface area (Å²) in [6.07, 6.45) is 13.5. The van der Waals surface area contributed by atoms with Gasteiger partial charge >= 0.3 is 5.82 Å². The molecule has 0 saturated heterocycles. The summed E-state index contributed by atoms with van der Waals surface area (Å²) in [5.74, 6) is 1.89. The highest BCUT2D eigenvalue weighted by atomic mass is 16.3. The number of amides is 1. The first-order chi connectivity index (χ1) is 29.6. The first-order valence-corrected chi connectivity index (χ1v) is 22.5. The van der Waals surface area contributed by atoms with Crippen molar-refractivity contribution in [3.8, 4) is 22.8 Å². The summed E-state index contributed by atoms with van der Waals surface area (Å²) in [4.78, 5) is 46.7. The number of Topliss-reactive ketones (excluding diaryl/α,β-unsaturated/α-hetero) is 2. The fraction of sp³-hybridized carbons (Fsp3) is 0.469. The predicted octanol–water partition coefficient (Wildman–Crippen LogP) is 7.06. The van der Waals surface area contributed by atoms with Gasteiger partial charge in [0.05, 0.1) is 32.8 Å². The molecule has 322 valence electrons. The van der Waals surface area contributed by atoms with Gasteiger partial charge in [-0.2, -0.15) is 5.10 Å². The summed E-state index contributed by atoms with van der Waals surface area (Å²) in [6, 6.07) is 15.2. The number of ketones is 2. The van der Waals surface area contributed by atoms with Crippen molar-refractivity contribution in [2.24, 2.45) is 11.8 Å². The first-order valence-electron chi connectivity index (χ1n) is 22.5. The molecule has 62 heavy (non-hydrogen) atoms. The third-order valence-corrected chi connectivity index (χ3v) is 13.1. The van der Waals surface area contributed by atoms with E-state index in [1.165, 1.54) is 60.6 Å². The van der Waals surface area contributed by atoms with E-state index in [0.717, 1.165) is 29.5 Å². The number of aromatic nitrogens is 8. The van der Waals surface area contributed by atoms with Crippen LogP contribution in [-0.4, -0.2) is 52.1 Å². The zero-order valence-corrected chi connectivity index (χ0v) is 36.8. The monoisotopic (exact) mass is 835 g/mol. The van der Waals surface area contributed by atoms with E-state index in [4.69, 9.17) is 20.4 Å². The SMILES string of the molecule is CC(C)(C)c1nn2nc(-c3ccc(NC(=O)CCC4CCCC4)cc3)[nH]c2c1C1=C([O-])/C(=c2/c(C(C)(C)C)nn3nc(-c4ccc(CC(=O)CCC5CCCC5)cc4)[nH+]c23)C1=O. The lowest BCUT2D eigenvalue weighted by atomic mass is 9.77. The number of anilines is 1. The van der Waals surface area contributed by atoms with E-state index < -0.39 is 22.4 Å². The summed E-state index contributed by atoms with van der Waals surface area (Å²) in [6.45, 7) is 12.0. The van der Waals surface area contributed by atoms with Crippen LogP contribution in [0.5, 0.6) is 0 Å². The number of H-pyrrole nitrogens is 2. The molecule has 13 heteroatoms. The number of benzene rings is 2. The molecule has 13 nitrogen and oxygen atoms in total. The number of allylic oxidation sites excluding steroid dienone is 2. The van der Waals surface area contributed by atoms with Crippen LogP contribution < -0.4 is 20.6 Å². The molecule has 0 aliphatic heterocycles. The number of aromatic amines is 2. The number of hydrogen-bond donors (Lipinski definition) is 2. The molecule has 9 rings (SSSR count). The molecule has 0 radical (unpaired) electrons. The summed E-state index contributed by atoms with van der Waals surface area (Å²) in [7, 11) is 0. The summed E-state index contributed by atoms with van der Waals surface area (Å²) in [5.41, 5.74) is 4.79. The molecule has 3 aliphatic rings. The lowest BCUT2D eigenvalue weighted by Crippen LogP contribution is -2.37. The van der Waals surface area contributed by atoms with Crippen molar-refractivity contribution in [1.29, 1.82) is 0 Å². The van der Waals surface area contributed by atoms with Crippen molar-refractivity contribution in [2.45, 2.75) is 136 Å². The number of fused-ring (bicyclic) bond motifs is 2. The van der Waals surface area contributed by atoms with Gasteiger partial charge in [0.1, 0.15) is 5.78 Å².